The van der Waals surface area contributed by atoms with Crippen molar-refractivity contribution in [3.63, 3.8) is 0 Å². The topological polar surface area (TPSA) is 30.5 Å². The van der Waals surface area contributed by atoms with E-state index in [1.165, 1.54) is 5.56 Å². The zero-order valence-corrected chi connectivity index (χ0v) is 12.6. The van der Waals surface area contributed by atoms with E-state index in [2.05, 4.69) is 32.7 Å². The average molecular weight is 328 g/mol. The first-order valence-electron chi connectivity index (χ1n) is 5.41. The SMILES string of the molecule is COc1ccc(NCc2csc(Br)c2)cc1OC. The van der Waals surface area contributed by atoms with Gasteiger partial charge in [-0.3, -0.25) is 0 Å². The van der Waals surface area contributed by atoms with E-state index in [0.717, 1.165) is 27.5 Å². The Morgan fingerprint density at radius 2 is 1.94 bits per heavy atom. The van der Waals surface area contributed by atoms with Gasteiger partial charge in [-0.25, -0.2) is 0 Å². The molecule has 0 aliphatic carbocycles. The smallest absolute Gasteiger partial charge is 0.162 e. The Bertz CT molecular complexity index is 527. The molecule has 1 aromatic carbocycles. The molecule has 0 saturated carbocycles. The summed E-state index contributed by atoms with van der Waals surface area (Å²) in [4.78, 5) is 0. The largest absolute Gasteiger partial charge is 0.493 e. The number of hydrogen-bond acceptors (Lipinski definition) is 4. The van der Waals surface area contributed by atoms with Gasteiger partial charge in [0.05, 0.1) is 18.0 Å². The zero-order valence-electron chi connectivity index (χ0n) is 10.2. The summed E-state index contributed by atoms with van der Waals surface area (Å²) in [6.45, 7) is 0.789. The summed E-state index contributed by atoms with van der Waals surface area (Å²) < 4.78 is 11.6. The van der Waals surface area contributed by atoms with Gasteiger partial charge < -0.3 is 14.8 Å². The highest BCUT2D eigenvalue weighted by molar-refractivity contribution is 9.11. The van der Waals surface area contributed by atoms with Gasteiger partial charge in [-0.2, -0.15) is 0 Å². The molecule has 1 heterocycles. The van der Waals surface area contributed by atoms with Crippen molar-refractivity contribution in [1.29, 1.82) is 0 Å². The fraction of sp³-hybridized carbons (Fsp3) is 0.231. The molecular weight excluding hydrogens is 314 g/mol. The Balaban J connectivity index is 2.05. The molecule has 1 N–H and O–H groups in total. The monoisotopic (exact) mass is 327 g/mol. The van der Waals surface area contributed by atoms with Crippen molar-refractivity contribution in [2.24, 2.45) is 0 Å². The van der Waals surface area contributed by atoms with Gasteiger partial charge in [0.2, 0.25) is 0 Å². The summed E-state index contributed by atoms with van der Waals surface area (Å²) in [5, 5.41) is 5.47. The van der Waals surface area contributed by atoms with E-state index in [0.29, 0.717) is 0 Å². The Labute approximate surface area is 119 Å². The Kier molecular flexibility index (Phi) is 4.49. The van der Waals surface area contributed by atoms with Gasteiger partial charge in [-0.15, -0.1) is 11.3 Å². The minimum Gasteiger partial charge on any atom is -0.493 e. The van der Waals surface area contributed by atoms with Crippen LogP contribution in [0.5, 0.6) is 11.5 Å². The summed E-state index contributed by atoms with van der Waals surface area (Å²) in [7, 11) is 3.27. The molecule has 0 fully saturated rings. The minimum atomic E-state index is 0.731. The van der Waals surface area contributed by atoms with Crippen molar-refractivity contribution < 1.29 is 9.47 Å². The molecule has 0 atom stereocenters. The molecule has 0 bridgehead atoms. The van der Waals surface area contributed by atoms with E-state index in [1.54, 1.807) is 25.6 Å². The zero-order chi connectivity index (χ0) is 13.0. The van der Waals surface area contributed by atoms with Crippen molar-refractivity contribution in [3.8, 4) is 11.5 Å². The lowest BCUT2D eigenvalue weighted by molar-refractivity contribution is 0.355. The molecule has 0 aliphatic heterocycles. The normalized spacial score (nSPS) is 10.2. The number of halogens is 1. The van der Waals surface area contributed by atoms with Crippen molar-refractivity contribution in [3.05, 3.63) is 39.0 Å². The molecule has 0 spiro atoms. The number of benzene rings is 1. The molecule has 3 nitrogen and oxygen atoms in total. The molecule has 0 aliphatic rings. The van der Waals surface area contributed by atoms with E-state index < -0.39 is 0 Å². The third-order valence-corrected chi connectivity index (χ3v) is 4.06. The summed E-state index contributed by atoms with van der Waals surface area (Å²) in [6.07, 6.45) is 0. The third-order valence-electron chi connectivity index (χ3n) is 2.50. The highest BCUT2D eigenvalue weighted by Gasteiger charge is 2.04. The quantitative estimate of drug-likeness (QED) is 0.895. The number of thiophene rings is 1. The van der Waals surface area contributed by atoms with Crippen LogP contribution in [0.15, 0.2) is 33.4 Å². The average Bonchev–Trinajstić information content (AvgIpc) is 2.81. The van der Waals surface area contributed by atoms with Crippen LogP contribution in [0.25, 0.3) is 0 Å². The maximum atomic E-state index is 5.26. The maximum Gasteiger partial charge on any atom is 0.162 e. The van der Waals surface area contributed by atoms with Crippen molar-refractivity contribution in [1.82, 2.24) is 0 Å². The predicted molar refractivity (Wildman–Crippen MR) is 78.9 cm³/mol. The summed E-state index contributed by atoms with van der Waals surface area (Å²) in [6, 6.07) is 7.91. The van der Waals surface area contributed by atoms with E-state index in [1.807, 2.05) is 18.2 Å². The van der Waals surface area contributed by atoms with Crippen LogP contribution in [0.1, 0.15) is 5.56 Å². The van der Waals surface area contributed by atoms with Gasteiger partial charge in [-0.1, -0.05) is 0 Å². The molecule has 0 unspecified atom stereocenters. The van der Waals surface area contributed by atoms with Crippen LogP contribution in [0, 0.1) is 0 Å². The van der Waals surface area contributed by atoms with Crippen LogP contribution in [0.4, 0.5) is 5.69 Å². The Morgan fingerprint density at radius 3 is 2.56 bits per heavy atom. The van der Waals surface area contributed by atoms with Gasteiger partial charge in [0.15, 0.2) is 11.5 Å². The number of anilines is 1. The highest BCUT2D eigenvalue weighted by Crippen LogP contribution is 2.30. The van der Waals surface area contributed by atoms with Crippen LogP contribution in [-0.4, -0.2) is 14.2 Å². The third kappa shape index (κ3) is 3.17. The maximum absolute atomic E-state index is 5.26. The number of methoxy groups -OCH3 is 2. The van der Waals surface area contributed by atoms with Gasteiger partial charge in [0.1, 0.15) is 0 Å². The molecule has 0 radical (unpaired) electrons. The molecule has 96 valence electrons. The molecule has 2 aromatic rings. The summed E-state index contributed by atoms with van der Waals surface area (Å²) in [5.74, 6) is 1.47. The molecule has 1 aromatic heterocycles. The van der Waals surface area contributed by atoms with E-state index >= 15 is 0 Å². The van der Waals surface area contributed by atoms with Crippen molar-refractivity contribution in [2.45, 2.75) is 6.54 Å². The summed E-state index contributed by atoms with van der Waals surface area (Å²) >= 11 is 5.14. The lowest BCUT2D eigenvalue weighted by Crippen LogP contribution is -1.99. The number of ether oxygens (including phenoxy) is 2. The number of hydrogen-bond donors (Lipinski definition) is 1. The molecule has 0 amide bonds. The van der Waals surface area contributed by atoms with Crippen LogP contribution in [-0.2, 0) is 6.54 Å². The highest BCUT2D eigenvalue weighted by atomic mass is 79.9. The van der Waals surface area contributed by atoms with Crippen LogP contribution >= 0.6 is 27.3 Å². The molecule has 0 saturated heterocycles. The van der Waals surface area contributed by atoms with Crippen molar-refractivity contribution in [2.75, 3.05) is 19.5 Å². The van der Waals surface area contributed by atoms with Crippen LogP contribution < -0.4 is 14.8 Å². The van der Waals surface area contributed by atoms with Gasteiger partial charge in [0, 0.05) is 18.3 Å². The summed E-state index contributed by atoms with van der Waals surface area (Å²) in [5.41, 5.74) is 2.26. The van der Waals surface area contributed by atoms with Gasteiger partial charge in [-0.05, 0) is 45.1 Å². The second-order valence-electron chi connectivity index (χ2n) is 3.68. The van der Waals surface area contributed by atoms with Crippen LogP contribution in [0.3, 0.4) is 0 Å². The lowest BCUT2D eigenvalue weighted by Gasteiger charge is -2.10. The fourth-order valence-electron chi connectivity index (χ4n) is 1.59. The van der Waals surface area contributed by atoms with Crippen LogP contribution in [0.2, 0.25) is 0 Å². The Hall–Kier alpha value is -1.20. The van der Waals surface area contributed by atoms with E-state index in [-0.39, 0.29) is 0 Å². The van der Waals surface area contributed by atoms with E-state index in [4.69, 9.17) is 9.47 Å². The molecule has 18 heavy (non-hydrogen) atoms. The standard InChI is InChI=1S/C13H14BrNO2S/c1-16-11-4-3-10(6-12(11)17-2)15-7-9-5-13(14)18-8-9/h3-6,8,15H,7H2,1-2H3. The number of rotatable bonds is 5. The minimum absolute atomic E-state index is 0.731. The number of nitrogens with one attached hydrogen (secondary N) is 1. The molecule has 2 rings (SSSR count). The first-order chi connectivity index (χ1) is 8.72. The Morgan fingerprint density at radius 1 is 1.17 bits per heavy atom. The molecular formula is C13H14BrNO2S. The van der Waals surface area contributed by atoms with E-state index in [9.17, 15) is 0 Å². The predicted octanol–water partition coefficient (Wildman–Crippen LogP) is 4.14. The van der Waals surface area contributed by atoms with Gasteiger partial charge >= 0.3 is 0 Å². The second-order valence-corrected chi connectivity index (χ2v) is 5.97. The molecule has 5 heteroatoms. The second kappa shape index (κ2) is 6.11. The fourth-order valence-corrected chi connectivity index (χ4v) is 2.80. The first-order valence-corrected chi connectivity index (χ1v) is 7.09. The lowest BCUT2D eigenvalue weighted by atomic mass is 10.2. The van der Waals surface area contributed by atoms with Crippen molar-refractivity contribution >= 4 is 33.0 Å². The first kappa shape index (κ1) is 13.2. The van der Waals surface area contributed by atoms with Gasteiger partial charge in [0.25, 0.3) is 0 Å².